The van der Waals surface area contributed by atoms with E-state index >= 15 is 0 Å². The molecule has 1 aromatic carbocycles. The normalized spacial score (nSPS) is 18.4. The molecule has 0 unspecified atom stereocenters. The molecule has 2 aliphatic heterocycles. The minimum atomic E-state index is -0.594. The van der Waals surface area contributed by atoms with E-state index in [9.17, 15) is 14.7 Å². The van der Waals surface area contributed by atoms with Gasteiger partial charge >= 0.3 is 5.69 Å². The van der Waals surface area contributed by atoms with Gasteiger partial charge in [0.05, 0.1) is 18.7 Å². The topological polar surface area (TPSA) is 95.2 Å². The number of fused-ring (bicyclic) bond motifs is 2. The van der Waals surface area contributed by atoms with Crippen LogP contribution in [0.3, 0.4) is 0 Å². The molecular formula is C18H21N3O6. The molecule has 0 radical (unpaired) electrons. The van der Waals surface area contributed by atoms with Crippen molar-refractivity contribution in [2.75, 3.05) is 27.5 Å². The Morgan fingerprint density at radius 3 is 2.59 bits per heavy atom. The van der Waals surface area contributed by atoms with Gasteiger partial charge < -0.3 is 19.3 Å². The van der Waals surface area contributed by atoms with Crippen LogP contribution >= 0.6 is 0 Å². The maximum Gasteiger partial charge on any atom is 0.333 e. The minimum Gasteiger partial charge on any atom is -0.494 e. The van der Waals surface area contributed by atoms with E-state index in [1.54, 1.807) is 0 Å². The molecule has 1 atom stereocenters. The zero-order valence-corrected chi connectivity index (χ0v) is 15.6. The number of benzene rings is 1. The number of ether oxygens (including phenoxy) is 3. The van der Waals surface area contributed by atoms with Gasteiger partial charge in [0.1, 0.15) is 0 Å². The molecule has 0 aliphatic carbocycles. The van der Waals surface area contributed by atoms with E-state index in [1.165, 1.54) is 21.2 Å². The lowest BCUT2D eigenvalue weighted by Gasteiger charge is -2.36. The van der Waals surface area contributed by atoms with Gasteiger partial charge in [0.2, 0.25) is 18.4 Å². The first-order valence-electron chi connectivity index (χ1n) is 8.55. The van der Waals surface area contributed by atoms with Crippen molar-refractivity contribution in [1.29, 1.82) is 0 Å². The van der Waals surface area contributed by atoms with Crippen LogP contribution in [0.25, 0.3) is 0 Å². The molecule has 0 saturated heterocycles. The number of aromatic nitrogens is 2. The number of hydrogen-bond acceptors (Lipinski definition) is 7. The Bertz CT molecular complexity index is 1050. The average Bonchev–Trinajstić information content (AvgIpc) is 3.13. The second kappa shape index (κ2) is 6.05. The van der Waals surface area contributed by atoms with Crippen molar-refractivity contribution in [3.63, 3.8) is 0 Å². The Balaban J connectivity index is 2.06. The van der Waals surface area contributed by atoms with E-state index in [0.717, 1.165) is 26.7 Å². The number of likely N-dealkylation sites (N-methyl/N-ethyl adjacent to an activating group) is 1. The third kappa shape index (κ3) is 2.34. The second-order valence-corrected chi connectivity index (χ2v) is 6.79. The largest absolute Gasteiger partial charge is 0.494 e. The van der Waals surface area contributed by atoms with Gasteiger partial charge in [-0.3, -0.25) is 18.8 Å². The average molecular weight is 375 g/mol. The van der Waals surface area contributed by atoms with Crippen molar-refractivity contribution < 1.29 is 19.3 Å². The van der Waals surface area contributed by atoms with Gasteiger partial charge in [-0.15, -0.1) is 0 Å². The number of nitrogens with zero attached hydrogens (tertiary/aromatic N) is 3. The van der Waals surface area contributed by atoms with Crippen LogP contribution in [-0.2, 0) is 20.5 Å². The fourth-order valence-electron chi connectivity index (χ4n) is 3.90. The van der Waals surface area contributed by atoms with Gasteiger partial charge in [0.25, 0.3) is 5.56 Å². The van der Waals surface area contributed by atoms with Crippen LogP contribution in [-0.4, -0.2) is 46.6 Å². The molecule has 0 saturated carbocycles. The lowest BCUT2D eigenvalue weighted by atomic mass is 9.87. The van der Waals surface area contributed by atoms with Crippen LogP contribution in [0.2, 0.25) is 0 Å². The molecule has 0 bridgehead atoms. The van der Waals surface area contributed by atoms with Crippen LogP contribution in [0.5, 0.6) is 23.1 Å². The van der Waals surface area contributed by atoms with Gasteiger partial charge in [-0.1, -0.05) is 0 Å². The van der Waals surface area contributed by atoms with E-state index in [1.807, 2.05) is 18.0 Å². The summed E-state index contributed by atoms with van der Waals surface area (Å²) in [6, 6.07) is 1.30. The standard InChI is InChI=1S/C18H21N3O6/c1-19-6-5-9-7-10-14(27-8-26-10)15(25-4)11(9)13(19)12-16(22)20(2)18(24)21(3)17(12)23/h7,13,22H,5-6,8H2,1-4H3/t13-/m1/s1. The second-order valence-electron chi connectivity index (χ2n) is 6.79. The molecule has 144 valence electrons. The first-order chi connectivity index (χ1) is 12.9. The first kappa shape index (κ1) is 17.5. The van der Waals surface area contributed by atoms with Gasteiger partial charge in [0.15, 0.2) is 11.5 Å². The Hall–Kier alpha value is -2.94. The van der Waals surface area contributed by atoms with Crippen molar-refractivity contribution in [2.45, 2.75) is 12.5 Å². The zero-order chi connectivity index (χ0) is 19.5. The molecule has 1 aromatic heterocycles. The first-order valence-corrected chi connectivity index (χ1v) is 8.55. The van der Waals surface area contributed by atoms with E-state index in [0.29, 0.717) is 23.8 Å². The smallest absolute Gasteiger partial charge is 0.333 e. The fourth-order valence-corrected chi connectivity index (χ4v) is 3.90. The Morgan fingerprint density at radius 1 is 1.15 bits per heavy atom. The minimum absolute atomic E-state index is 0.0992. The van der Waals surface area contributed by atoms with Crippen LogP contribution < -0.4 is 25.5 Å². The molecule has 0 fully saturated rings. The molecule has 9 nitrogen and oxygen atoms in total. The Morgan fingerprint density at radius 2 is 1.89 bits per heavy atom. The van der Waals surface area contributed by atoms with Crippen molar-refractivity contribution in [1.82, 2.24) is 14.0 Å². The molecule has 0 amide bonds. The number of methoxy groups -OCH3 is 1. The summed E-state index contributed by atoms with van der Waals surface area (Å²) in [5.41, 5.74) is 0.689. The lowest BCUT2D eigenvalue weighted by Crippen LogP contribution is -2.43. The van der Waals surface area contributed by atoms with Crippen LogP contribution in [0.1, 0.15) is 22.7 Å². The van der Waals surface area contributed by atoms with Crippen molar-refractivity contribution in [2.24, 2.45) is 14.1 Å². The molecule has 27 heavy (non-hydrogen) atoms. The predicted molar refractivity (Wildman–Crippen MR) is 95.9 cm³/mol. The summed E-state index contributed by atoms with van der Waals surface area (Å²) in [6.07, 6.45) is 0.724. The van der Waals surface area contributed by atoms with Crippen molar-refractivity contribution in [3.8, 4) is 23.1 Å². The van der Waals surface area contributed by atoms with Crippen LogP contribution in [0.15, 0.2) is 15.7 Å². The quantitative estimate of drug-likeness (QED) is 0.796. The third-order valence-electron chi connectivity index (χ3n) is 5.34. The summed E-state index contributed by atoms with van der Waals surface area (Å²) in [6.45, 7) is 0.758. The third-order valence-corrected chi connectivity index (χ3v) is 5.34. The van der Waals surface area contributed by atoms with Crippen LogP contribution in [0.4, 0.5) is 0 Å². The van der Waals surface area contributed by atoms with E-state index < -0.39 is 17.3 Å². The number of aromatic hydroxyl groups is 1. The highest BCUT2D eigenvalue weighted by molar-refractivity contribution is 5.63. The Labute approximate surface area is 154 Å². The molecule has 1 N–H and O–H groups in total. The summed E-state index contributed by atoms with van der Waals surface area (Å²) in [5, 5.41) is 10.7. The highest BCUT2D eigenvalue weighted by Crippen LogP contribution is 2.51. The van der Waals surface area contributed by atoms with Crippen LogP contribution in [0, 0.1) is 0 Å². The van der Waals surface area contributed by atoms with Gasteiger partial charge in [-0.05, 0) is 25.1 Å². The van der Waals surface area contributed by atoms with E-state index in [-0.39, 0.29) is 18.2 Å². The molecule has 4 rings (SSSR count). The molecule has 2 aliphatic rings. The fraction of sp³-hybridized carbons (Fsp3) is 0.444. The molecular weight excluding hydrogens is 354 g/mol. The summed E-state index contributed by atoms with van der Waals surface area (Å²) >= 11 is 0. The summed E-state index contributed by atoms with van der Waals surface area (Å²) < 4.78 is 18.8. The summed E-state index contributed by atoms with van der Waals surface area (Å²) in [5.74, 6) is 1.21. The molecule has 0 spiro atoms. The maximum absolute atomic E-state index is 12.9. The monoisotopic (exact) mass is 375 g/mol. The zero-order valence-electron chi connectivity index (χ0n) is 15.6. The number of rotatable bonds is 2. The molecule has 3 heterocycles. The predicted octanol–water partition coefficient (Wildman–Crippen LogP) is 0.104. The SMILES string of the molecule is COc1c2c(cc3c1[C@H](c1c(O)n(C)c(=O)n(C)c1=O)N(C)CC3)OCO2. The number of hydrogen-bond donors (Lipinski definition) is 1. The Kier molecular flexibility index (Phi) is 3.92. The highest BCUT2D eigenvalue weighted by Gasteiger charge is 2.38. The maximum atomic E-state index is 12.9. The van der Waals surface area contributed by atoms with Gasteiger partial charge in [-0.25, -0.2) is 4.79 Å². The summed E-state index contributed by atoms with van der Waals surface area (Å²) in [4.78, 5) is 27.0. The summed E-state index contributed by atoms with van der Waals surface area (Å²) in [7, 11) is 6.22. The van der Waals surface area contributed by atoms with Gasteiger partial charge in [0, 0.05) is 26.2 Å². The van der Waals surface area contributed by atoms with Crippen molar-refractivity contribution >= 4 is 0 Å². The highest BCUT2D eigenvalue weighted by atomic mass is 16.7. The lowest BCUT2D eigenvalue weighted by molar-refractivity contribution is 0.170. The van der Waals surface area contributed by atoms with Gasteiger partial charge in [-0.2, -0.15) is 0 Å². The molecule has 9 heteroatoms. The van der Waals surface area contributed by atoms with E-state index in [4.69, 9.17) is 14.2 Å². The van der Waals surface area contributed by atoms with Crippen molar-refractivity contribution in [3.05, 3.63) is 43.6 Å². The van der Waals surface area contributed by atoms with E-state index in [2.05, 4.69) is 0 Å². The molecule has 2 aromatic rings.